The Morgan fingerprint density at radius 3 is 1.64 bits per heavy atom. The van der Waals surface area contributed by atoms with Crippen LogP contribution in [0.4, 0.5) is 0 Å². The summed E-state index contributed by atoms with van der Waals surface area (Å²) < 4.78 is 2.02. The van der Waals surface area contributed by atoms with Gasteiger partial charge in [0.2, 0.25) is 0 Å². The molecule has 7 aromatic carbocycles. The molecular formula is C44H31N3. The quantitative estimate of drug-likeness (QED) is 0.196. The lowest BCUT2D eigenvalue weighted by molar-refractivity contribution is 0.852. The van der Waals surface area contributed by atoms with Gasteiger partial charge in [-0.3, -0.25) is 0 Å². The molecule has 0 N–H and O–H groups in total. The van der Waals surface area contributed by atoms with Crippen LogP contribution in [0.2, 0.25) is 0 Å². The van der Waals surface area contributed by atoms with Gasteiger partial charge in [-0.2, -0.15) is 0 Å². The van der Waals surface area contributed by atoms with E-state index in [1.54, 1.807) is 0 Å². The third-order valence-corrected chi connectivity index (χ3v) is 9.36. The minimum absolute atomic E-state index is 0.725. The van der Waals surface area contributed by atoms with E-state index in [4.69, 9.17) is 10.1 Å². The van der Waals surface area contributed by atoms with E-state index >= 15 is 0 Å². The molecule has 3 heteroatoms. The molecule has 9 rings (SSSR count). The van der Waals surface area contributed by atoms with Crippen LogP contribution in [0.25, 0.3) is 72.5 Å². The van der Waals surface area contributed by atoms with Crippen molar-refractivity contribution in [2.45, 2.75) is 12.8 Å². The first-order valence-corrected chi connectivity index (χ1v) is 16.2. The van der Waals surface area contributed by atoms with Gasteiger partial charge in [0.15, 0.2) is 11.6 Å². The van der Waals surface area contributed by atoms with Crippen LogP contribution in [0.5, 0.6) is 0 Å². The van der Waals surface area contributed by atoms with Gasteiger partial charge in [0, 0.05) is 5.56 Å². The number of benzene rings is 7. The second kappa shape index (κ2) is 11.4. The van der Waals surface area contributed by atoms with Crippen molar-refractivity contribution in [3.8, 4) is 39.3 Å². The minimum atomic E-state index is 0.725. The number of fused-ring (bicyclic) bond motifs is 3. The molecule has 0 unspecified atom stereocenters. The molecule has 1 aromatic heterocycles. The number of nitrogens with zero attached hydrogens (tertiary/aromatic N) is 3. The Morgan fingerprint density at radius 2 is 0.979 bits per heavy atom. The van der Waals surface area contributed by atoms with Crippen molar-refractivity contribution in [1.82, 2.24) is 14.8 Å². The Hall–Kier alpha value is -6.06. The van der Waals surface area contributed by atoms with Crippen molar-refractivity contribution < 1.29 is 0 Å². The second-order valence-corrected chi connectivity index (χ2v) is 12.3. The van der Waals surface area contributed by atoms with E-state index < -0.39 is 0 Å². The van der Waals surface area contributed by atoms with Crippen LogP contribution >= 0.6 is 0 Å². The standard InChI is InChI=1S/C44H31N3/c1-4-10-36-27-39(20-15-30(36)7-1)33-13-18-35(19-14-33)43-45-44(41-22-17-32-9-3-6-12-38(32)29-41)47(46-43)42-25-23-34(24-26-42)40-21-16-31-8-2-5-11-37(31)28-40/h1-16,18-21,23-29H,17,22H2. The van der Waals surface area contributed by atoms with E-state index in [0.29, 0.717) is 0 Å². The first-order valence-electron chi connectivity index (χ1n) is 16.2. The highest BCUT2D eigenvalue weighted by atomic mass is 15.4. The van der Waals surface area contributed by atoms with E-state index in [1.807, 2.05) is 4.68 Å². The first-order chi connectivity index (χ1) is 23.2. The summed E-state index contributed by atoms with van der Waals surface area (Å²) in [4.78, 5) is 5.20. The summed E-state index contributed by atoms with van der Waals surface area (Å²) in [6.07, 6.45) is 4.20. The maximum atomic E-state index is 5.20. The highest BCUT2D eigenvalue weighted by Crippen LogP contribution is 2.34. The normalized spacial score (nSPS) is 12.6. The molecule has 0 radical (unpaired) electrons. The number of hydrogen-bond donors (Lipinski definition) is 0. The lowest BCUT2D eigenvalue weighted by atomic mass is 9.92. The maximum Gasteiger partial charge on any atom is 0.182 e. The maximum absolute atomic E-state index is 5.20. The monoisotopic (exact) mass is 601 g/mol. The van der Waals surface area contributed by atoms with Crippen molar-refractivity contribution in [1.29, 1.82) is 0 Å². The minimum Gasteiger partial charge on any atom is -0.213 e. The van der Waals surface area contributed by atoms with Gasteiger partial charge < -0.3 is 0 Å². The second-order valence-electron chi connectivity index (χ2n) is 12.3. The summed E-state index contributed by atoms with van der Waals surface area (Å²) in [6.45, 7) is 0. The van der Waals surface area contributed by atoms with Gasteiger partial charge in [-0.05, 0) is 104 Å². The summed E-state index contributed by atoms with van der Waals surface area (Å²) in [5, 5.41) is 10.1. The molecule has 0 atom stereocenters. The van der Waals surface area contributed by atoms with Crippen molar-refractivity contribution in [2.24, 2.45) is 0 Å². The third kappa shape index (κ3) is 5.12. The average molecular weight is 602 g/mol. The smallest absolute Gasteiger partial charge is 0.182 e. The van der Waals surface area contributed by atoms with Crippen LogP contribution in [0, 0.1) is 0 Å². The molecule has 0 bridgehead atoms. The van der Waals surface area contributed by atoms with Gasteiger partial charge in [-0.1, -0.05) is 133 Å². The molecule has 1 aliphatic rings. The van der Waals surface area contributed by atoms with Gasteiger partial charge in [0.05, 0.1) is 5.69 Å². The van der Waals surface area contributed by atoms with Crippen LogP contribution < -0.4 is 0 Å². The van der Waals surface area contributed by atoms with Gasteiger partial charge in [-0.25, -0.2) is 9.67 Å². The van der Waals surface area contributed by atoms with E-state index in [0.717, 1.165) is 35.7 Å². The predicted octanol–water partition coefficient (Wildman–Crippen LogP) is 11.1. The number of allylic oxidation sites excluding steroid dienone is 1. The number of rotatable bonds is 5. The zero-order chi connectivity index (χ0) is 31.2. The molecular weight excluding hydrogens is 571 g/mol. The zero-order valence-electron chi connectivity index (χ0n) is 25.8. The van der Waals surface area contributed by atoms with Crippen LogP contribution in [0.15, 0.2) is 158 Å². The first kappa shape index (κ1) is 27.3. The number of aromatic nitrogens is 3. The molecule has 222 valence electrons. The summed E-state index contributed by atoms with van der Waals surface area (Å²) in [5.41, 5.74) is 10.6. The topological polar surface area (TPSA) is 30.7 Å². The van der Waals surface area contributed by atoms with E-state index in [9.17, 15) is 0 Å². The molecule has 0 aliphatic heterocycles. The lowest BCUT2D eigenvalue weighted by Gasteiger charge is -2.16. The van der Waals surface area contributed by atoms with Gasteiger partial charge >= 0.3 is 0 Å². The summed E-state index contributed by atoms with van der Waals surface area (Å²) in [5.74, 6) is 1.62. The predicted molar refractivity (Wildman–Crippen MR) is 195 cm³/mol. The van der Waals surface area contributed by atoms with Crippen LogP contribution in [-0.2, 0) is 6.42 Å². The zero-order valence-corrected chi connectivity index (χ0v) is 25.8. The Bertz CT molecular complexity index is 2450. The van der Waals surface area contributed by atoms with Crippen molar-refractivity contribution >= 4 is 33.2 Å². The number of aryl methyl sites for hydroxylation is 1. The molecule has 0 saturated carbocycles. The SMILES string of the molecule is C1=C(c2nc(-c3ccc(-c4ccc5ccccc5c4)cc3)nn2-c2ccc(-c3ccc4ccccc4c3)cc2)CCc2ccccc21. The van der Waals surface area contributed by atoms with Crippen molar-refractivity contribution in [2.75, 3.05) is 0 Å². The van der Waals surface area contributed by atoms with Crippen LogP contribution in [0.3, 0.4) is 0 Å². The highest BCUT2D eigenvalue weighted by molar-refractivity contribution is 5.89. The molecule has 1 aliphatic carbocycles. The highest BCUT2D eigenvalue weighted by Gasteiger charge is 2.20. The Morgan fingerprint density at radius 1 is 0.447 bits per heavy atom. The molecule has 47 heavy (non-hydrogen) atoms. The average Bonchev–Trinajstić information content (AvgIpc) is 3.60. The molecule has 3 nitrogen and oxygen atoms in total. The molecule has 8 aromatic rings. The molecule has 0 spiro atoms. The van der Waals surface area contributed by atoms with Gasteiger partial charge in [0.25, 0.3) is 0 Å². The Kier molecular flexibility index (Phi) is 6.60. The molecule has 0 fully saturated rings. The largest absolute Gasteiger partial charge is 0.213 e. The lowest BCUT2D eigenvalue weighted by Crippen LogP contribution is -2.06. The molecule has 0 amide bonds. The van der Waals surface area contributed by atoms with Gasteiger partial charge in [-0.15, -0.1) is 5.10 Å². The van der Waals surface area contributed by atoms with Crippen LogP contribution in [0.1, 0.15) is 23.4 Å². The summed E-state index contributed by atoms with van der Waals surface area (Å²) in [7, 11) is 0. The summed E-state index contributed by atoms with van der Waals surface area (Å²) >= 11 is 0. The third-order valence-electron chi connectivity index (χ3n) is 9.36. The van der Waals surface area contributed by atoms with Crippen LogP contribution in [-0.4, -0.2) is 14.8 Å². The van der Waals surface area contributed by atoms with Crippen molar-refractivity contribution in [3.63, 3.8) is 0 Å². The van der Waals surface area contributed by atoms with E-state index in [2.05, 4.69) is 164 Å². The fourth-order valence-corrected chi connectivity index (χ4v) is 6.78. The Balaban J connectivity index is 1.10. The Labute approximate surface area is 274 Å². The fraction of sp³-hybridized carbons (Fsp3) is 0.0455. The fourth-order valence-electron chi connectivity index (χ4n) is 6.78. The molecule has 0 saturated heterocycles. The number of hydrogen-bond acceptors (Lipinski definition) is 2. The van der Waals surface area contributed by atoms with E-state index in [-0.39, 0.29) is 0 Å². The van der Waals surface area contributed by atoms with Crippen molar-refractivity contribution in [3.05, 3.63) is 175 Å². The summed E-state index contributed by atoms with van der Waals surface area (Å²) in [6, 6.07) is 56.2. The molecule has 1 heterocycles. The van der Waals surface area contributed by atoms with E-state index in [1.165, 1.54) is 60.5 Å². The van der Waals surface area contributed by atoms with Gasteiger partial charge in [0.1, 0.15) is 0 Å².